The zero-order valence-corrected chi connectivity index (χ0v) is 6.61. The summed E-state index contributed by atoms with van der Waals surface area (Å²) in [7, 11) is 0. The zero-order valence-electron chi connectivity index (χ0n) is 6.61. The van der Waals surface area contributed by atoms with Crippen LogP contribution in [0.4, 0.5) is 0 Å². The molecule has 0 aromatic carbocycles. The normalized spacial score (nSPS) is 11.5. The van der Waals surface area contributed by atoms with Gasteiger partial charge in [0, 0.05) is 19.6 Å². The molecular formula is C8H15NO2. The lowest BCUT2D eigenvalue weighted by molar-refractivity contribution is 0.155. The summed E-state index contributed by atoms with van der Waals surface area (Å²) < 4.78 is 0. The Bertz CT molecular complexity index is 80.2. The van der Waals surface area contributed by atoms with E-state index in [0.717, 1.165) is 0 Å². The molecule has 11 heavy (non-hydrogen) atoms. The molecule has 0 fully saturated rings. The molecule has 0 bridgehead atoms. The maximum atomic E-state index is 8.57. The van der Waals surface area contributed by atoms with E-state index in [9.17, 15) is 0 Å². The second kappa shape index (κ2) is 6.58. The lowest BCUT2D eigenvalue weighted by atomic mass is 10.2. The van der Waals surface area contributed by atoms with Crippen molar-refractivity contribution in [2.45, 2.75) is 0 Å². The molecule has 0 aliphatic heterocycles. The van der Waals surface area contributed by atoms with Crippen LogP contribution in [0, 0.1) is 19.8 Å². The van der Waals surface area contributed by atoms with Crippen LogP contribution < -0.4 is 0 Å². The van der Waals surface area contributed by atoms with Gasteiger partial charge in [0.05, 0.1) is 13.2 Å². The largest absolute Gasteiger partial charge is 0.395 e. The van der Waals surface area contributed by atoms with Crippen molar-refractivity contribution in [1.29, 1.82) is 0 Å². The van der Waals surface area contributed by atoms with Crippen molar-refractivity contribution in [1.82, 2.24) is 4.90 Å². The second-order valence-electron chi connectivity index (χ2n) is 2.41. The predicted molar refractivity (Wildman–Crippen MR) is 42.7 cm³/mol. The van der Waals surface area contributed by atoms with E-state index in [1.807, 2.05) is 4.90 Å². The average molecular weight is 157 g/mol. The van der Waals surface area contributed by atoms with Crippen LogP contribution in [0.3, 0.4) is 0 Å². The van der Waals surface area contributed by atoms with Gasteiger partial charge < -0.3 is 10.2 Å². The molecule has 0 unspecified atom stereocenters. The minimum Gasteiger partial charge on any atom is -0.395 e. The number of rotatable bonds is 6. The Balaban J connectivity index is 3.50. The van der Waals surface area contributed by atoms with E-state index in [0.29, 0.717) is 19.6 Å². The summed E-state index contributed by atoms with van der Waals surface area (Å²) in [5, 5.41) is 17.1. The van der Waals surface area contributed by atoms with Gasteiger partial charge in [-0.25, -0.2) is 0 Å². The molecule has 0 atom stereocenters. The van der Waals surface area contributed by atoms with E-state index in [2.05, 4.69) is 0 Å². The molecule has 0 spiro atoms. The predicted octanol–water partition coefficient (Wildman–Crippen LogP) is -0.689. The van der Waals surface area contributed by atoms with Crippen LogP contribution in [-0.4, -0.2) is 48.0 Å². The minimum atomic E-state index is -0.409. The highest BCUT2D eigenvalue weighted by molar-refractivity contribution is 4.68. The Morgan fingerprint density at radius 3 is 1.82 bits per heavy atom. The number of hydrogen-bond acceptors (Lipinski definition) is 3. The van der Waals surface area contributed by atoms with E-state index < -0.39 is 5.92 Å². The van der Waals surface area contributed by atoms with Crippen molar-refractivity contribution in [2.24, 2.45) is 5.92 Å². The number of aliphatic hydroxyl groups is 2. The molecule has 0 aromatic heterocycles. The van der Waals surface area contributed by atoms with E-state index >= 15 is 0 Å². The maximum absolute atomic E-state index is 8.57. The molecule has 0 saturated heterocycles. The Labute approximate surface area is 68.6 Å². The first-order chi connectivity index (χ1) is 5.20. The van der Waals surface area contributed by atoms with Crippen LogP contribution in [0.2, 0.25) is 0 Å². The van der Waals surface area contributed by atoms with E-state index in [-0.39, 0.29) is 13.2 Å². The molecule has 0 aliphatic rings. The molecule has 4 radical (unpaired) electrons. The van der Waals surface area contributed by atoms with Gasteiger partial charge in [0.15, 0.2) is 0 Å². The minimum absolute atomic E-state index is 0.0622. The van der Waals surface area contributed by atoms with Crippen molar-refractivity contribution in [3.05, 3.63) is 13.8 Å². The van der Waals surface area contributed by atoms with Crippen molar-refractivity contribution in [2.75, 3.05) is 32.8 Å². The molecule has 0 aromatic rings. The Kier molecular flexibility index (Phi) is 6.51. The fourth-order valence-electron chi connectivity index (χ4n) is 0.875. The summed E-state index contributed by atoms with van der Waals surface area (Å²) in [5.74, 6) is -0.409. The monoisotopic (exact) mass is 157 g/mol. The lowest BCUT2D eigenvalue weighted by Gasteiger charge is -2.21. The highest BCUT2D eigenvalue weighted by atomic mass is 16.3. The number of nitrogens with zero attached hydrogens (tertiary/aromatic N) is 1. The van der Waals surface area contributed by atoms with Crippen LogP contribution in [-0.2, 0) is 0 Å². The van der Waals surface area contributed by atoms with Gasteiger partial charge in [-0.1, -0.05) is 0 Å². The summed E-state index contributed by atoms with van der Waals surface area (Å²) in [6.45, 7) is 12.3. The molecule has 0 saturated carbocycles. The first-order valence-electron chi connectivity index (χ1n) is 3.66. The van der Waals surface area contributed by atoms with E-state index in [4.69, 9.17) is 24.1 Å². The van der Waals surface area contributed by atoms with Gasteiger partial charge in [0.1, 0.15) is 0 Å². The lowest BCUT2D eigenvalue weighted by Crippen LogP contribution is -2.33. The summed E-state index contributed by atoms with van der Waals surface area (Å²) in [4.78, 5) is 1.81. The van der Waals surface area contributed by atoms with Crippen LogP contribution in [0.25, 0.3) is 0 Å². The van der Waals surface area contributed by atoms with Gasteiger partial charge in [-0.3, -0.25) is 4.90 Å². The molecule has 0 heterocycles. The van der Waals surface area contributed by atoms with Crippen molar-refractivity contribution in [3.63, 3.8) is 0 Å². The highest BCUT2D eigenvalue weighted by Gasteiger charge is 2.05. The smallest absolute Gasteiger partial charge is 0.0558 e. The van der Waals surface area contributed by atoms with Gasteiger partial charge in [0.25, 0.3) is 0 Å². The van der Waals surface area contributed by atoms with Gasteiger partial charge in [-0.15, -0.1) is 0 Å². The fraction of sp³-hybridized carbons (Fsp3) is 0.750. The Morgan fingerprint density at radius 2 is 1.55 bits per heavy atom. The van der Waals surface area contributed by atoms with Gasteiger partial charge in [0.2, 0.25) is 0 Å². The van der Waals surface area contributed by atoms with Crippen LogP contribution in [0.5, 0.6) is 0 Å². The third-order valence-electron chi connectivity index (χ3n) is 1.30. The van der Waals surface area contributed by atoms with Crippen LogP contribution in [0.1, 0.15) is 0 Å². The van der Waals surface area contributed by atoms with Crippen molar-refractivity contribution >= 4 is 0 Å². The summed E-state index contributed by atoms with van der Waals surface area (Å²) >= 11 is 0. The van der Waals surface area contributed by atoms with Crippen LogP contribution in [0.15, 0.2) is 0 Å². The topological polar surface area (TPSA) is 43.7 Å². The fourth-order valence-corrected chi connectivity index (χ4v) is 0.875. The van der Waals surface area contributed by atoms with Gasteiger partial charge >= 0.3 is 0 Å². The van der Waals surface area contributed by atoms with Crippen molar-refractivity contribution < 1.29 is 10.2 Å². The standard InChI is InChI=1S/C8H15NO2/c1-8(2)7-9(3-5-10)4-6-11/h1-2,8,10-11H,3-7H2. The molecule has 2 N–H and O–H groups in total. The number of aliphatic hydroxyl groups excluding tert-OH is 2. The molecule has 3 heteroatoms. The Morgan fingerprint density at radius 1 is 1.09 bits per heavy atom. The van der Waals surface area contributed by atoms with Gasteiger partial charge in [-0.2, -0.15) is 0 Å². The van der Waals surface area contributed by atoms with Crippen molar-refractivity contribution in [3.8, 4) is 0 Å². The first-order valence-corrected chi connectivity index (χ1v) is 3.66. The Hall–Kier alpha value is -0.120. The second-order valence-corrected chi connectivity index (χ2v) is 2.41. The first kappa shape index (κ1) is 10.9. The highest BCUT2D eigenvalue weighted by Crippen LogP contribution is 1.95. The maximum Gasteiger partial charge on any atom is 0.0558 e. The number of hydrogen-bond donors (Lipinski definition) is 2. The summed E-state index contributed by atoms with van der Waals surface area (Å²) in [5.41, 5.74) is 0. The molecule has 0 rings (SSSR count). The van der Waals surface area contributed by atoms with E-state index in [1.54, 1.807) is 0 Å². The summed E-state index contributed by atoms with van der Waals surface area (Å²) in [6.07, 6.45) is 0. The van der Waals surface area contributed by atoms with Gasteiger partial charge in [-0.05, 0) is 19.8 Å². The SMILES string of the molecule is [CH]C([CH])CN(CCO)CCO. The third kappa shape index (κ3) is 6.28. The molecule has 3 nitrogen and oxygen atoms in total. The third-order valence-corrected chi connectivity index (χ3v) is 1.30. The molecule has 0 amide bonds. The van der Waals surface area contributed by atoms with Crippen LogP contribution >= 0.6 is 0 Å². The van der Waals surface area contributed by atoms with E-state index in [1.165, 1.54) is 0 Å². The molecule has 64 valence electrons. The quantitative estimate of drug-likeness (QED) is 0.536. The summed E-state index contributed by atoms with van der Waals surface area (Å²) in [6, 6.07) is 0. The average Bonchev–Trinajstić information content (AvgIpc) is 1.87. The zero-order chi connectivity index (χ0) is 8.69. The molecular weight excluding hydrogens is 142 g/mol. The molecule has 0 aliphatic carbocycles.